The molecule has 5 amide bonds. The first-order valence-electron chi connectivity index (χ1n) is 20.0. The topological polar surface area (TPSA) is 334 Å². The highest BCUT2D eigenvalue weighted by atomic mass is 16.6. The van der Waals surface area contributed by atoms with Crippen molar-refractivity contribution < 1.29 is 67.9 Å². The van der Waals surface area contributed by atoms with Gasteiger partial charge in [-0.3, -0.25) is 28.7 Å². The number of ether oxygens (including phenoxy) is 3. The molecule has 0 aliphatic heterocycles. The maximum absolute atomic E-state index is 12.6. The summed E-state index contributed by atoms with van der Waals surface area (Å²) in [7, 11) is 0. The molecule has 0 bridgehead atoms. The van der Waals surface area contributed by atoms with Crippen molar-refractivity contribution in [2.45, 2.75) is 82.8 Å². The van der Waals surface area contributed by atoms with Gasteiger partial charge >= 0.3 is 23.9 Å². The number of unbranched alkanes of at least 4 members (excludes halogenated alkanes) is 4. The molecule has 1 aromatic carbocycles. The smallest absolute Gasteiger partial charge is 0.326 e. The SMILES string of the molecule is NOCC(=O)NCCOCCOCCOCCNC(=O)c1ccc(C(=O)NCCCCCCc2cn(CCCCC(NC(=O)NC(CCC(=O)O)C(=O)O)C(=O)O)nn2)cc1. The number of hydrogen-bond donors (Lipinski definition) is 9. The minimum atomic E-state index is -1.47. The Hall–Kier alpha value is -5.75. The van der Waals surface area contributed by atoms with E-state index in [0.29, 0.717) is 96.2 Å². The third-order valence-electron chi connectivity index (χ3n) is 8.68. The Labute approximate surface area is 352 Å². The summed E-state index contributed by atoms with van der Waals surface area (Å²) in [6, 6.07) is 2.62. The molecule has 23 nitrogen and oxygen atoms in total. The summed E-state index contributed by atoms with van der Waals surface area (Å²) < 4.78 is 17.8. The van der Waals surface area contributed by atoms with E-state index in [-0.39, 0.29) is 37.2 Å². The average molecular weight is 866 g/mol. The molecule has 0 fully saturated rings. The van der Waals surface area contributed by atoms with Gasteiger partial charge in [0.1, 0.15) is 18.7 Å². The molecule has 2 rings (SSSR count). The number of carboxylic acid groups (broad SMARTS) is 3. The van der Waals surface area contributed by atoms with E-state index >= 15 is 0 Å². The minimum absolute atomic E-state index is 0.0825. The molecule has 0 saturated carbocycles. The largest absolute Gasteiger partial charge is 0.481 e. The molecule has 340 valence electrons. The number of nitrogens with zero attached hydrogens (tertiary/aromatic N) is 3. The second kappa shape index (κ2) is 31.2. The van der Waals surface area contributed by atoms with E-state index in [0.717, 1.165) is 31.4 Å². The predicted octanol–water partition coefficient (Wildman–Crippen LogP) is -0.162. The fourth-order valence-electron chi connectivity index (χ4n) is 5.46. The normalized spacial score (nSPS) is 11.9. The first kappa shape index (κ1) is 51.4. The van der Waals surface area contributed by atoms with Crippen LogP contribution in [0.2, 0.25) is 0 Å². The Kier molecular flexibility index (Phi) is 26.3. The van der Waals surface area contributed by atoms with Crippen LogP contribution in [0.25, 0.3) is 0 Å². The van der Waals surface area contributed by atoms with E-state index in [1.165, 1.54) is 0 Å². The molecule has 61 heavy (non-hydrogen) atoms. The summed E-state index contributed by atoms with van der Waals surface area (Å²) in [6.07, 6.45) is 6.23. The van der Waals surface area contributed by atoms with Gasteiger partial charge in [-0.1, -0.05) is 18.1 Å². The van der Waals surface area contributed by atoms with Gasteiger partial charge in [-0.05, 0) is 69.2 Å². The molecule has 0 aliphatic rings. The van der Waals surface area contributed by atoms with E-state index < -0.39 is 42.4 Å². The van der Waals surface area contributed by atoms with Gasteiger partial charge in [0.05, 0.1) is 45.3 Å². The van der Waals surface area contributed by atoms with E-state index in [2.05, 4.69) is 41.7 Å². The van der Waals surface area contributed by atoms with Crippen molar-refractivity contribution in [2.75, 3.05) is 65.9 Å². The van der Waals surface area contributed by atoms with Crippen LogP contribution >= 0.6 is 0 Å². The van der Waals surface area contributed by atoms with Crippen LogP contribution in [-0.2, 0) is 51.2 Å². The van der Waals surface area contributed by atoms with Crippen molar-refractivity contribution in [3.8, 4) is 0 Å². The zero-order chi connectivity index (χ0) is 44.7. The molecule has 2 aromatic rings. The number of nitrogens with two attached hydrogens (primary N) is 1. The number of carboxylic acids is 3. The number of amides is 5. The molecule has 0 aliphatic carbocycles. The summed E-state index contributed by atoms with van der Waals surface area (Å²) in [6.45, 7) is 3.49. The average Bonchev–Trinajstić information content (AvgIpc) is 3.68. The number of hydrogen-bond acceptors (Lipinski definition) is 14. The van der Waals surface area contributed by atoms with Crippen LogP contribution in [0.3, 0.4) is 0 Å². The van der Waals surface area contributed by atoms with Crippen LogP contribution in [0, 0.1) is 0 Å². The Morgan fingerprint density at radius 3 is 1.77 bits per heavy atom. The first-order valence-corrected chi connectivity index (χ1v) is 20.0. The molecule has 23 heteroatoms. The van der Waals surface area contributed by atoms with Crippen LogP contribution in [0.5, 0.6) is 0 Å². The highest BCUT2D eigenvalue weighted by molar-refractivity contribution is 5.97. The number of benzene rings is 1. The summed E-state index contributed by atoms with van der Waals surface area (Å²) in [5.41, 5.74) is 1.68. The first-order chi connectivity index (χ1) is 29.4. The number of carbonyl (C=O) groups excluding carboxylic acids is 4. The van der Waals surface area contributed by atoms with Gasteiger partial charge in [-0.2, -0.15) is 0 Å². The molecule has 2 atom stereocenters. The highest BCUT2D eigenvalue weighted by Gasteiger charge is 2.25. The van der Waals surface area contributed by atoms with Crippen LogP contribution < -0.4 is 32.5 Å². The lowest BCUT2D eigenvalue weighted by Gasteiger charge is -2.18. The Bertz CT molecular complexity index is 1640. The molecular formula is C38H59N9O14. The number of rotatable bonds is 35. The zero-order valence-electron chi connectivity index (χ0n) is 34.1. The molecule has 0 saturated heterocycles. The van der Waals surface area contributed by atoms with Crippen molar-refractivity contribution in [1.82, 2.24) is 41.6 Å². The van der Waals surface area contributed by atoms with Gasteiger partial charge in [0.15, 0.2) is 0 Å². The van der Waals surface area contributed by atoms with E-state index in [9.17, 15) is 43.8 Å². The summed E-state index contributed by atoms with van der Waals surface area (Å²) >= 11 is 0. The summed E-state index contributed by atoms with van der Waals surface area (Å²) in [4.78, 5) is 86.2. The number of aromatic nitrogens is 3. The Morgan fingerprint density at radius 1 is 0.656 bits per heavy atom. The lowest BCUT2D eigenvalue weighted by molar-refractivity contribution is -0.141. The van der Waals surface area contributed by atoms with Gasteiger partial charge in [0, 0.05) is 49.9 Å². The van der Waals surface area contributed by atoms with Crippen molar-refractivity contribution in [2.24, 2.45) is 5.90 Å². The maximum Gasteiger partial charge on any atom is 0.326 e. The molecular weight excluding hydrogens is 806 g/mol. The number of urea groups is 1. The van der Waals surface area contributed by atoms with Crippen molar-refractivity contribution in [1.29, 1.82) is 0 Å². The summed E-state index contributed by atoms with van der Waals surface area (Å²) in [5.74, 6) is 0.0277. The van der Waals surface area contributed by atoms with E-state index in [1.54, 1.807) is 28.9 Å². The Balaban J connectivity index is 1.50. The second-order valence-corrected chi connectivity index (χ2v) is 13.6. The number of aryl methyl sites for hydroxylation is 2. The third-order valence-corrected chi connectivity index (χ3v) is 8.68. The fourth-order valence-corrected chi connectivity index (χ4v) is 5.46. The van der Waals surface area contributed by atoms with Gasteiger partial charge < -0.3 is 56.1 Å². The zero-order valence-corrected chi connectivity index (χ0v) is 34.1. The van der Waals surface area contributed by atoms with Crippen LogP contribution in [-0.4, -0.2) is 150 Å². The molecule has 0 radical (unpaired) electrons. The van der Waals surface area contributed by atoms with Gasteiger partial charge in [-0.25, -0.2) is 20.3 Å². The predicted molar refractivity (Wildman–Crippen MR) is 214 cm³/mol. The summed E-state index contributed by atoms with van der Waals surface area (Å²) in [5, 5.41) is 48.3. The Morgan fingerprint density at radius 2 is 1.20 bits per heavy atom. The molecule has 1 aromatic heterocycles. The van der Waals surface area contributed by atoms with Crippen molar-refractivity contribution in [3.63, 3.8) is 0 Å². The third kappa shape index (κ3) is 24.2. The van der Waals surface area contributed by atoms with Gasteiger partial charge in [0.25, 0.3) is 11.8 Å². The maximum atomic E-state index is 12.6. The van der Waals surface area contributed by atoms with Gasteiger partial charge in [-0.15, -0.1) is 5.10 Å². The number of aliphatic carboxylic acids is 3. The molecule has 2 unspecified atom stereocenters. The minimum Gasteiger partial charge on any atom is -0.481 e. The number of carbonyl (C=O) groups is 7. The van der Waals surface area contributed by atoms with Crippen LogP contribution in [0.1, 0.15) is 84.2 Å². The monoisotopic (exact) mass is 865 g/mol. The van der Waals surface area contributed by atoms with Crippen LogP contribution in [0.4, 0.5) is 4.79 Å². The van der Waals surface area contributed by atoms with E-state index in [4.69, 9.17) is 25.2 Å². The van der Waals surface area contributed by atoms with Gasteiger partial charge in [0.2, 0.25) is 5.91 Å². The van der Waals surface area contributed by atoms with Crippen molar-refractivity contribution in [3.05, 3.63) is 47.3 Å². The lowest BCUT2D eigenvalue weighted by Crippen LogP contribution is -2.51. The van der Waals surface area contributed by atoms with Crippen molar-refractivity contribution >= 4 is 41.7 Å². The lowest BCUT2D eigenvalue weighted by atomic mass is 10.1. The quantitative estimate of drug-likeness (QED) is 0.0321. The number of nitrogens with one attached hydrogen (secondary N) is 5. The highest BCUT2D eigenvalue weighted by Crippen LogP contribution is 2.09. The fraction of sp³-hybridized carbons (Fsp3) is 0.605. The molecule has 0 spiro atoms. The molecule has 1 heterocycles. The second-order valence-electron chi connectivity index (χ2n) is 13.6. The standard InChI is InChI=1S/C38H59N9O14/c39-61-26-32(48)40-16-19-58-21-23-60-24-22-59-20-17-42-35(52)28-11-9-27(10-12-28)34(51)41-15-5-2-1-3-7-29-25-47(46-45-29)18-6-4-8-30(36(53)54)43-38(57)44-31(37(55)56)13-14-33(49)50/h9-12,25,30-31H,1-8,13-24,26,39H2,(H,40,48)(H,41,51)(H,42,52)(H,49,50)(H,53,54)(H,55,56)(H2,43,44,57). The molecule has 10 N–H and O–H groups in total. The van der Waals surface area contributed by atoms with Crippen LogP contribution in [0.15, 0.2) is 30.5 Å². The van der Waals surface area contributed by atoms with E-state index in [1.807, 2.05) is 6.20 Å².